The molecule has 0 aromatic heterocycles. The molecule has 0 radical (unpaired) electrons. The molecule has 0 saturated heterocycles. The van der Waals surface area contributed by atoms with Crippen molar-refractivity contribution in [3.05, 3.63) is 29.8 Å². The van der Waals surface area contributed by atoms with Gasteiger partial charge in [-0.15, -0.1) is 12.4 Å². The molecule has 0 spiro atoms. The molecule has 2 rings (SSSR count). The Balaban J connectivity index is 0.00000220. The quantitative estimate of drug-likeness (QED) is 0.878. The number of nitrogens with two attached hydrogens (primary N) is 1. The van der Waals surface area contributed by atoms with Crippen molar-refractivity contribution in [3.63, 3.8) is 0 Å². The first kappa shape index (κ1) is 17.8. The van der Waals surface area contributed by atoms with Crippen molar-refractivity contribution < 1.29 is 9.53 Å². The zero-order chi connectivity index (χ0) is 14.4. The van der Waals surface area contributed by atoms with E-state index in [1.54, 1.807) is 19.2 Å². The van der Waals surface area contributed by atoms with E-state index in [4.69, 9.17) is 10.5 Å². The van der Waals surface area contributed by atoms with Crippen LogP contribution in [0.25, 0.3) is 0 Å². The molecule has 1 amide bonds. The van der Waals surface area contributed by atoms with Crippen LogP contribution in [0.4, 0.5) is 0 Å². The van der Waals surface area contributed by atoms with E-state index in [-0.39, 0.29) is 24.4 Å². The molecule has 21 heavy (non-hydrogen) atoms. The summed E-state index contributed by atoms with van der Waals surface area (Å²) in [6.07, 6.45) is 6.13. The first-order valence-corrected chi connectivity index (χ1v) is 7.39. The van der Waals surface area contributed by atoms with Crippen molar-refractivity contribution in [3.8, 4) is 5.75 Å². The third-order valence-corrected chi connectivity index (χ3v) is 4.12. The lowest BCUT2D eigenvalue weighted by Gasteiger charge is -2.30. The Hall–Kier alpha value is -1.26. The van der Waals surface area contributed by atoms with E-state index in [2.05, 4.69) is 5.32 Å². The minimum atomic E-state index is -0.0649. The highest BCUT2D eigenvalue weighted by atomic mass is 35.5. The number of amides is 1. The minimum Gasteiger partial charge on any atom is -0.497 e. The molecule has 5 heteroatoms. The third-order valence-electron chi connectivity index (χ3n) is 4.12. The highest BCUT2D eigenvalue weighted by Crippen LogP contribution is 2.26. The lowest BCUT2D eigenvalue weighted by Crippen LogP contribution is -2.45. The summed E-state index contributed by atoms with van der Waals surface area (Å²) in [4.78, 5) is 12.3. The summed E-state index contributed by atoms with van der Waals surface area (Å²) < 4.78 is 5.15. The molecule has 0 aliphatic heterocycles. The Kier molecular flexibility index (Phi) is 7.54. The van der Waals surface area contributed by atoms with Crippen molar-refractivity contribution in [1.29, 1.82) is 0 Å². The number of methoxy groups -OCH3 is 1. The van der Waals surface area contributed by atoms with Crippen LogP contribution in [0.3, 0.4) is 0 Å². The number of nitrogens with one attached hydrogen (secondary N) is 1. The first-order valence-electron chi connectivity index (χ1n) is 7.39. The fraction of sp³-hybridized carbons (Fsp3) is 0.562. The number of carbonyl (C=O) groups excluding carboxylic acids is 1. The predicted octanol–water partition coefficient (Wildman–Crippen LogP) is 2.75. The normalized spacial score (nSPS) is 16.7. The average molecular weight is 313 g/mol. The zero-order valence-electron chi connectivity index (χ0n) is 12.5. The van der Waals surface area contributed by atoms with Gasteiger partial charge in [0, 0.05) is 18.2 Å². The molecule has 1 fully saturated rings. The highest BCUT2D eigenvalue weighted by molar-refractivity contribution is 5.94. The van der Waals surface area contributed by atoms with E-state index in [9.17, 15) is 4.79 Å². The van der Waals surface area contributed by atoms with Gasteiger partial charge >= 0.3 is 0 Å². The van der Waals surface area contributed by atoms with Gasteiger partial charge in [0.25, 0.3) is 5.91 Å². The summed E-state index contributed by atoms with van der Waals surface area (Å²) in [5.41, 5.74) is 6.47. The van der Waals surface area contributed by atoms with Crippen LogP contribution in [-0.4, -0.2) is 25.6 Å². The molecular formula is C16H25ClN2O2. The summed E-state index contributed by atoms with van der Waals surface area (Å²) in [7, 11) is 1.60. The van der Waals surface area contributed by atoms with E-state index in [0.717, 1.165) is 0 Å². The van der Waals surface area contributed by atoms with Crippen LogP contribution in [0.2, 0.25) is 0 Å². The van der Waals surface area contributed by atoms with Gasteiger partial charge in [-0.1, -0.05) is 25.3 Å². The molecular weight excluding hydrogens is 288 g/mol. The molecule has 0 heterocycles. The van der Waals surface area contributed by atoms with E-state index in [0.29, 0.717) is 23.8 Å². The first-order chi connectivity index (χ1) is 9.74. The van der Waals surface area contributed by atoms with Crippen molar-refractivity contribution in [2.24, 2.45) is 11.7 Å². The van der Waals surface area contributed by atoms with Crippen molar-refractivity contribution >= 4 is 18.3 Å². The van der Waals surface area contributed by atoms with Crippen LogP contribution < -0.4 is 15.8 Å². The Morgan fingerprint density at radius 3 is 2.71 bits per heavy atom. The maximum absolute atomic E-state index is 12.3. The lowest BCUT2D eigenvalue weighted by molar-refractivity contribution is 0.0915. The standard InChI is InChI=1S/C16H24N2O2.ClH/c1-20-14-9-5-8-13(10-14)16(19)18-15(11-17)12-6-3-2-4-7-12;/h5,8-10,12,15H,2-4,6-7,11,17H2,1H3,(H,18,19);1H. The van der Waals surface area contributed by atoms with Gasteiger partial charge in [0.15, 0.2) is 0 Å². The monoisotopic (exact) mass is 312 g/mol. The van der Waals surface area contributed by atoms with Crippen LogP contribution in [0.5, 0.6) is 5.75 Å². The van der Waals surface area contributed by atoms with Crippen LogP contribution in [0.15, 0.2) is 24.3 Å². The van der Waals surface area contributed by atoms with Gasteiger partial charge in [0.05, 0.1) is 7.11 Å². The molecule has 1 saturated carbocycles. The summed E-state index contributed by atoms with van der Waals surface area (Å²) in [6.45, 7) is 0.500. The highest BCUT2D eigenvalue weighted by Gasteiger charge is 2.24. The molecule has 1 aromatic carbocycles. The zero-order valence-corrected chi connectivity index (χ0v) is 13.3. The van der Waals surface area contributed by atoms with Crippen LogP contribution in [-0.2, 0) is 0 Å². The van der Waals surface area contributed by atoms with E-state index in [1.807, 2.05) is 12.1 Å². The Labute approximate surface area is 132 Å². The predicted molar refractivity (Wildman–Crippen MR) is 87.1 cm³/mol. The summed E-state index contributed by atoms with van der Waals surface area (Å²) in [5.74, 6) is 1.15. The number of carbonyl (C=O) groups is 1. The number of hydrogen-bond acceptors (Lipinski definition) is 3. The number of halogens is 1. The molecule has 1 aliphatic rings. The van der Waals surface area contributed by atoms with Gasteiger partial charge in [-0.2, -0.15) is 0 Å². The van der Waals surface area contributed by atoms with Crippen LogP contribution in [0.1, 0.15) is 42.5 Å². The topological polar surface area (TPSA) is 64.3 Å². The maximum atomic E-state index is 12.3. The maximum Gasteiger partial charge on any atom is 0.251 e. The smallest absolute Gasteiger partial charge is 0.251 e. The van der Waals surface area contributed by atoms with Gasteiger partial charge in [0.2, 0.25) is 0 Å². The van der Waals surface area contributed by atoms with Gasteiger partial charge in [-0.05, 0) is 37.0 Å². The summed E-state index contributed by atoms with van der Waals surface area (Å²) >= 11 is 0. The second kappa shape index (κ2) is 8.90. The van der Waals surface area contributed by atoms with Gasteiger partial charge < -0.3 is 15.8 Å². The average Bonchev–Trinajstić information content (AvgIpc) is 2.53. The Morgan fingerprint density at radius 2 is 2.10 bits per heavy atom. The number of ether oxygens (including phenoxy) is 1. The molecule has 3 N–H and O–H groups in total. The molecule has 4 nitrogen and oxygen atoms in total. The Morgan fingerprint density at radius 1 is 1.38 bits per heavy atom. The second-order valence-corrected chi connectivity index (χ2v) is 5.45. The SMILES string of the molecule is COc1cccc(C(=O)NC(CN)C2CCCCC2)c1.Cl. The van der Waals surface area contributed by atoms with E-state index < -0.39 is 0 Å². The molecule has 1 aromatic rings. The molecule has 1 aliphatic carbocycles. The second-order valence-electron chi connectivity index (χ2n) is 5.45. The molecule has 0 bridgehead atoms. The summed E-state index contributed by atoms with van der Waals surface area (Å²) in [5, 5.41) is 3.08. The minimum absolute atomic E-state index is 0. The summed E-state index contributed by atoms with van der Waals surface area (Å²) in [6, 6.07) is 7.29. The van der Waals surface area contributed by atoms with Crippen molar-refractivity contribution in [2.75, 3.05) is 13.7 Å². The Bertz CT molecular complexity index is 448. The van der Waals surface area contributed by atoms with Crippen LogP contribution >= 0.6 is 12.4 Å². The fourth-order valence-corrected chi connectivity index (χ4v) is 2.92. The number of hydrogen-bond donors (Lipinski definition) is 2. The van der Waals surface area contributed by atoms with Crippen molar-refractivity contribution in [1.82, 2.24) is 5.32 Å². The van der Waals surface area contributed by atoms with Gasteiger partial charge in [-0.25, -0.2) is 0 Å². The lowest BCUT2D eigenvalue weighted by atomic mass is 9.84. The fourth-order valence-electron chi connectivity index (χ4n) is 2.92. The van der Waals surface area contributed by atoms with E-state index in [1.165, 1.54) is 32.1 Å². The molecule has 1 unspecified atom stereocenters. The van der Waals surface area contributed by atoms with Gasteiger partial charge in [0.1, 0.15) is 5.75 Å². The largest absolute Gasteiger partial charge is 0.497 e. The molecule has 118 valence electrons. The van der Waals surface area contributed by atoms with Crippen LogP contribution in [0, 0.1) is 5.92 Å². The third kappa shape index (κ3) is 4.90. The molecule has 1 atom stereocenters. The number of benzene rings is 1. The number of rotatable bonds is 5. The van der Waals surface area contributed by atoms with Gasteiger partial charge in [-0.3, -0.25) is 4.79 Å². The van der Waals surface area contributed by atoms with E-state index >= 15 is 0 Å². The van der Waals surface area contributed by atoms with Crippen molar-refractivity contribution in [2.45, 2.75) is 38.1 Å².